The summed E-state index contributed by atoms with van der Waals surface area (Å²) in [4.78, 5) is 24.0. The van der Waals surface area contributed by atoms with Crippen molar-refractivity contribution >= 4 is 17.7 Å². The van der Waals surface area contributed by atoms with Crippen LogP contribution in [0, 0.1) is 20.4 Å². The largest absolute Gasteiger partial charge is 2.00 e. The van der Waals surface area contributed by atoms with E-state index < -0.39 is 6.09 Å². The van der Waals surface area contributed by atoms with Gasteiger partial charge in [-0.15, -0.1) is 0 Å². The maximum absolute atomic E-state index is 11.7. The molecule has 1 saturated heterocycles. The van der Waals surface area contributed by atoms with Gasteiger partial charge in [0.15, 0.2) is 0 Å². The van der Waals surface area contributed by atoms with Crippen molar-refractivity contribution in [1.29, 1.82) is 0 Å². The number of anilines is 1. The summed E-state index contributed by atoms with van der Waals surface area (Å²) in [6.45, 7) is 5.94. The number of amides is 2. The number of carbonyl (C=O) groups excluding carboxylic acids is 2. The van der Waals surface area contributed by atoms with Crippen LogP contribution in [0.15, 0.2) is 18.2 Å². The van der Waals surface area contributed by atoms with Crippen LogP contribution in [0.4, 0.5) is 10.5 Å². The Hall–Kier alpha value is -0.378. The molecule has 1 fully saturated rings. The van der Waals surface area contributed by atoms with Crippen LogP contribution >= 0.6 is 0 Å². The molecule has 0 unspecified atom stereocenters. The van der Waals surface area contributed by atoms with Gasteiger partial charge in [0.05, 0.1) is 13.1 Å². The van der Waals surface area contributed by atoms with Crippen molar-refractivity contribution < 1.29 is 68.1 Å². The molecule has 1 aromatic rings. The summed E-state index contributed by atoms with van der Waals surface area (Å²) in [5.74, 6) is -0.140. The predicted octanol–water partition coefficient (Wildman–Crippen LogP) is 1.58. The van der Waals surface area contributed by atoms with Gasteiger partial charge in [-0.25, -0.2) is 4.79 Å². The molecule has 2 rings (SSSR count). The molecular weight excluding hydrogens is 517 g/mol. The number of rotatable bonds is 3. The molecule has 1 radical (unpaired) electrons. The topological polar surface area (TPSA) is 58.6 Å². The average Bonchev–Trinajstić information content (AvgIpc) is 2.68. The first-order valence-electron chi connectivity index (χ1n) is 5.62. The summed E-state index contributed by atoms with van der Waals surface area (Å²) in [5, 5.41) is 2.63. The molecule has 1 heterocycles. The summed E-state index contributed by atoms with van der Waals surface area (Å²) in [6, 6.07) is 8.17. The van der Waals surface area contributed by atoms with Crippen LogP contribution in [-0.2, 0) is 63.3 Å². The fourth-order valence-electron chi connectivity index (χ4n) is 1.77. The fourth-order valence-corrected chi connectivity index (χ4v) is 1.77. The van der Waals surface area contributed by atoms with Crippen molar-refractivity contribution in [2.45, 2.75) is 13.0 Å². The Kier molecular flexibility index (Phi) is 11.3. The number of hydrogen-bond donors (Lipinski definition) is 1. The zero-order valence-corrected chi connectivity index (χ0v) is 17.9. The maximum Gasteiger partial charge on any atom is 2.00 e. The van der Waals surface area contributed by atoms with Crippen molar-refractivity contribution in [3.05, 3.63) is 44.2 Å². The molecule has 5 nitrogen and oxygen atoms in total. The third kappa shape index (κ3) is 6.50. The average molecular weight is 534 g/mol. The first-order chi connectivity index (χ1) is 8.56. The number of carbonyl (C=O) groups is 2. The van der Waals surface area contributed by atoms with E-state index in [2.05, 4.69) is 18.3 Å². The summed E-state index contributed by atoms with van der Waals surface area (Å²) >= 11 is 0. The second-order valence-electron chi connectivity index (χ2n) is 4.13. The number of nitrogens with one attached hydrogen (secondary N) is 1. The van der Waals surface area contributed by atoms with Crippen molar-refractivity contribution in [2.75, 3.05) is 18.0 Å². The van der Waals surface area contributed by atoms with E-state index in [-0.39, 0.29) is 73.2 Å². The molecule has 0 aliphatic carbocycles. The Morgan fingerprint density at radius 2 is 2.29 bits per heavy atom. The Balaban J connectivity index is 0. The van der Waals surface area contributed by atoms with Gasteiger partial charge < -0.3 is 36.0 Å². The van der Waals surface area contributed by atoms with Crippen LogP contribution < -0.4 is 10.2 Å². The molecule has 1 atom stereocenters. The van der Waals surface area contributed by atoms with E-state index in [1.165, 1.54) is 11.8 Å². The zero-order chi connectivity index (χ0) is 13.1. The SMILES string of the molecule is [CH2-]c1[c-]ccc(N2C[C@H](CNC(C)=O)OC2=O)c1.[CH3-].[W+2].[Y]. The van der Waals surface area contributed by atoms with Gasteiger partial charge in [0.2, 0.25) is 5.91 Å². The third-order valence-electron chi connectivity index (χ3n) is 2.61. The van der Waals surface area contributed by atoms with Crippen LogP contribution in [-0.4, -0.2) is 31.2 Å². The Morgan fingerprint density at radius 3 is 2.86 bits per heavy atom. The summed E-state index contributed by atoms with van der Waals surface area (Å²) in [7, 11) is 0. The molecule has 0 saturated carbocycles. The second kappa shape index (κ2) is 10.4. The molecule has 1 N–H and O–H groups in total. The van der Waals surface area contributed by atoms with E-state index >= 15 is 0 Å². The number of nitrogens with zero attached hydrogens (tertiary/aromatic N) is 1. The minimum absolute atomic E-state index is 0. The van der Waals surface area contributed by atoms with Crippen LogP contribution in [0.1, 0.15) is 12.5 Å². The normalized spacial score (nSPS) is 16.0. The van der Waals surface area contributed by atoms with Gasteiger partial charge in [-0.3, -0.25) is 15.8 Å². The molecule has 2 amide bonds. The minimum atomic E-state index is -0.407. The van der Waals surface area contributed by atoms with Gasteiger partial charge in [0.1, 0.15) is 6.10 Å². The maximum atomic E-state index is 11.7. The summed E-state index contributed by atoms with van der Waals surface area (Å²) in [6.07, 6.45) is -0.727. The molecule has 1 aliphatic rings. The Bertz CT molecular complexity index is 485. The molecule has 0 bridgehead atoms. The van der Waals surface area contributed by atoms with Gasteiger partial charge in [-0.2, -0.15) is 6.07 Å². The first-order valence-corrected chi connectivity index (χ1v) is 5.62. The van der Waals surface area contributed by atoms with E-state index in [0.29, 0.717) is 18.7 Å². The molecule has 1 aliphatic heterocycles. The van der Waals surface area contributed by atoms with Gasteiger partial charge in [-0.05, 0) is 0 Å². The van der Waals surface area contributed by atoms with Gasteiger partial charge in [-0.1, -0.05) is 11.8 Å². The summed E-state index contributed by atoms with van der Waals surface area (Å²) < 4.78 is 5.16. The van der Waals surface area contributed by atoms with E-state index in [4.69, 9.17) is 4.74 Å². The monoisotopic (exact) mass is 534 g/mol. The predicted molar refractivity (Wildman–Crippen MR) is 72.4 cm³/mol. The molecule has 21 heavy (non-hydrogen) atoms. The van der Waals surface area contributed by atoms with Crippen molar-refractivity contribution in [3.63, 3.8) is 0 Å². The van der Waals surface area contributed by atoms with E-state index in [0.717, 1.165) is 5.69 Å². The number of ether oxygens (including phenoxy) is 1. The number of benzene rings is 1. The Labute approximate surface area is 165 Å². The van der Waals surface area contributed by atoms with Crippen molar-refractivity contribution in [2.24, 2.45) is 0 Å². The fraction of sp³-hybridized carbons (Fsp3) is 0.286. The second-order valence-corrected chi connectivity index (χ2v) is 4.13. The van der Waals surface area contributed by atoms with Crippen LogP contribution in [0.3, 0.4) is 0 Å². The van der Waals surface area contributed by atoms with Crippen LogP contribution in [0.5, 0.6) is 0 Å². The van der Waals surface area contributed by atoms with Crippen LogP contribution in [0.2, 0.25) is 0 Å². The zero-order valence-electron chi connectivity index (χ0n) is 12.1. The standard InChI is InChI=1S/C13H14N2O3.CH3.W.Y/c1-9-4-3-5-11(6-9)15-8-12(18-13(15)17)7-14-10(2)16;;;/h3,5-6,12H,1,7-8H2,2H3,(H,14,16);1H3;;/q-2;-1;+2;/t12-;;;/m0.../s1. The molecule has 1 aromatic carbocycles. The minimum Gasteiger partial charge on any atom is -0.442 e. The van der Waals surface area contributed by atoms with Crippen molar-refractivity contribution in [1.82, 2.24) is 5.32 Å². The van der Waals surface area contributed by atoms with Crippen molar-refractivity contribution in [3.8, 4) is 0 Å². The molecule has 7 heteroatoms. The number of hydrogen-bond acceptors (Lipinski definition) is 3. The first kappa shape index (κ1) is 22.9. The third-order valence-corrected chi connectivity index (χ3v) is 2.61. The van der Waals surface area contributed by atoms with Gasteiger partial charge >= 0.3 is 27.2 Å². The Morgan fingerprint density at radius 1 is 1.62 bits per heavy atom. The quantitative estimate of drug-likeness (QED) is 0.600. The van der Waals surface area contributed by atoms with E-state index in [9.17, 15) is 9.59 Å². The smallest absolute Gasteiger partial charge is 0.442 e. The summed E-state index contributed by atoms with van der Waals surface area (Å²) in [5.41, 5.74) is 1.44. The number of cyclic esters (lactones) is 1. The van der Waals surface area contributed by atoms with Gasteiger partial charge in [0, 0.05) is 39.6 Å². The molecule has 111 valence electrons. The molecule has 0 spiro atoms. The van der Waals surface area contributed by atoms with E-state index in [1.807, 2.05) is 0 Å². The molecular formula is C14H17N2O3WY-. The van der Waals surface area contributed by atoms with E-state index in [1.54, 1.807) is 18.2 Å². The van der Waals surface area contributed by atoms with Crippen LogP contribution in [0.25, 0.3) is 0 Å². The van der Waals surface area contributed by atoms with Gasteiger partial charge in [0.25, 0.3) is 0 Å². The molecule has 0 aromatic heterocycles.